The lowest BCUT2D eigenvalue weighted by atomic mass is 10.1. The van der Waals surface area contributed by atoms with Gasteiger partial charge in [-0.3, -0.25) is 9.59 Å². The number of nitrogens with zero attached hydrogens (tertiary/aromatic N) is 1. The van der Waals surface area contributed by atoms with E-state index in [-0.39, 0.29) is 18.4 Å². The molecule has 2 aromatic rings. The molecule has 0 bridgehead atoms. The number of amides is 2. The Kier molecular flexibility index (Phi) is 9.87. The molecule has 0 aromatic heterocycles. The maximum atomic E-state index is 13.1. The highest BCUT2D eigenvalue weighted by atomic mass is 79.9. The first kappa shape index (κ1) is 23.9. The molecule has 0 saturated carbocycles. The molecular weight excluding hydrogens is 444 g/mol. The zero-order valence-corrected chi connectivity index (χ0v) is 19.6. The number of unbranched alkanes of at least 4 members (excludes halogenated alkanes) is 1. The fourth-order valence-corrected chi connectivity index (χ4v) is 3.46. The molecule has 0 spiro atoms. The molecule has 0 fully saturated rings. The first-order chi connectivity index (χ1) is 14.4. The van der Waals surface area contributed by atoms with Crippen LogP contribution in [0.1, 0.15) is 44.2 Å². The summed E-state index contributed by atoms with van der Waals surface area (Å²) >= 11 is 3.39. The summed E-state index contributed by atoms with van der Waals surface area (Å²) in [6.07, 6.45) is 2.46. The van der Waals surface area contributed by atoms with Crippen LogP contribution >= 0.6 is 15.9 Å². The first-order valence-corrected chi connectivity index (χ1v) is 11.2. The van der Waals surface area contributed by atoms with Gasteiger partial charge in [0, 0.05) is 17.6 Å². The van der Waals surface area contributed by atoms with Crippen molar-refractivity contribution in [1.29, 1.82) is 0 Å². The lowest BCUT2D eigenvalue weighted by Crippen LogP contribution is -2.50. The fraction of sp³-hybridized carbons (Fsp3) is 0.417. The predicted molar refractivity (Wildman–Crippen MR) is 123 cm³/mol. The number of halogens is 1. The molecule has 0 aliphatic heterocycles. The number of aryl methyl sites for hydroxylation is 1. The molecule has 5 nitrogen and oxygen atoms in total. The number of nitrogens with one attached hydrogen (secondary N) is 1. The lowest BCUT2D eigenvalue weighted by molar-refractivity contribution is -0.143. The van der Waals surface area contributed by atoms with Crippen molar-refractivity contribution in [1.82, 2.24) is 10.2 Å². The number of ether oxygens (including phenoxy) is 1. The van der Waals surface area contributed by atoms with E-state index in [1.54, 1.807) is 17.0 Å². The third-order valence-electron chi connectivity index (χ3n) is 4.83. The molecule has 1 N–H and O–H groups in total. The molecule has 0 saturated heterocycles. The van der Waals surface area contributed by atoms with Gasteiger partial charge >= 0.3 is 0 Å². The van der Waals surface area contributed by atoms with E-state index < -0.39 is 6.04 Å². The Morgan fingerprint density at radius 2 is 1.87 bits per heavy atom. The van der Waals surface area contributed by atoms with Gasteiger partial charge in [0.2, 0.25) is 5.91 Å². The number of carbonyl (C=O) groups is 2. The lowest BCUT2D eigenvalue weighted by Gasteiger charge is -2.30. The Morgan fingerprint density at radius 1 is 1.13 bits per heavy atom. The normalized spacial score (nSPS) is 11.6. The predicted octanol–water partition coefficient (Wildman–Crippen LogP) is 4.86. The maximum absolute atomic E-state index is 13.1. The van der Waals surface area contributed by atoms with Crippen LogP contribution in [0.2, 0.25) is 0 Å². The molecule has 0 heterocycles. The van der Waals surface area contributed by atoms with Gasteiger partial charge in [-0.15, -0.1) is 0 Å². The zero-order chi connectivity index (χ0) is 21.9. The third-order valence-corrected chi connectivity index (χ3v) is 5.36. The van der Waals surface area contributed by atoms with E-state index in [1.165, 1.54) is 0 Å². The highest BCUT2D eigenvalue weighted by Crippen LogP contribution is 2.18. The molecule has 2 amide bonds. The summed E-state index contributed by atoms with van der Waals surface area (Å²) in [6, 6.07) is 14.8. The SMILES string of the molecule is CCCCNC(=O)[C@@H](CC)N(Cc1cccc(C)c1)C(=O)COc1ccc(Br)cc1. The Morgan fingerprint density at radius 3 is 2.50 bits per heavy atom. The van der Waals surface area contributed by atoms with Crippen molar-refractivity contribution in [3.8, 4) is 5.75 Å². The fourth-order valence-electron chi connectivity index (χ4n) is 3.19. The van der Waals surface area contributed by atoms with Crippen molar-refractivity contribution < 1.29 is 14.3 Å². The number of rotatable bonds is 11. The third kappa shape index (κ3) is 7.48. The van der Waals surface area contributed by atoms with E-state index in [2.05, 4.69) is 28.2 Å². The molecule has 0 aliphatic carbocycles. The van der Waals surface area contributed by atoms with Gasteiger partial charge in [0.15, 0.2) is 6.61 Å². The van der Waals surface area contributed by atoms with Crippen LogP contribution in [0.5, 0.6) is 5.75 Å². The van der Waals surface area contributed by atoms with Gasteiger partial charge in [0.25, 0.3) is 5.91 Å². The van der Waals surface area contributed by atoms with E-state index >= 15 is 0 Å². The highest BCUT2D eigenvalue weighted by Gasteiger charge is 2.28. The summed E-state index contributed by atoms with van der Waals surface area (Å²) in [5, 5.41) is 2.97. The van der Waals surface area contributed by atoms with Crippen molar-refractivity contribution in [3.05, 3.63) is 64.1 Å². The van der Waals surface area contributed by atoms with Crippen LogP contribution in [0, 0.1) is 6.92 Å². The van der Waals surface area contributed by atoms with Gasteiger partial charge < -0.3 is 15.0 Å². The van der Waals surface area contributed by atoms with Gasteiger partial charge in [-0.1, -0.05) is 66.0 Å². The van der Waals surface area contributed by atoms with E-state index in [1.807, 2.05) is 50.2 Å². The van der Waals surface area contributed by atoms with Crippen LogP contribution < -0.4 is 10.1 Å². The Hall–Kier alpha value is -2.34. The monoisotopic (exact) mass is 474 g/mol. The minimum absolute atomic E-state index is 0.115. The second-order valence-corrected chi connectivity index (χ2v) is 8.24. The van der Waals surface area contributed by atoms with E-state index in [9.17, 15) is 9.59 Å². The van der Waals surface area contributed by atoms with Crippen LogP contribution in [0.3, 0.4) is 0 Å². The molecule has 0 radical (unpaired) electrons. The Balaban J connectivity index is 2.16. The minimum atomic E-state index is -0.539. The molecule has 0 aliphatic rings. The molecular formula is C24H31BrN2O3. The summed E-state index contributed by atoms with van der Waals surface area (Å²) in [5.74, 6) is 0.287. The molecule has 2 rings (SSSR count). The highest BCUT2D eigenvalue weighted by molar-refractivity contribution is 9.10. The topological polar surface area (TPSA) is 58.6 Å². The van der Waals surface area contributed by atoms with Crippen molar-refractivity contribution in [2.75, 3.05) is 13.2 Å². The van der Waals surface area contributed by atoms with E-state index in [0.29, 0.717) is 25.3 Å². The second kappa shape index (κ2) is 12.4. The average molecular weight is 475 g/mol. The van der Waals surface area contributed by atoms with Gasteiger partial charge in [-0.2, -0.15) is 0 Å². The summed E-state index contributed by atoms with van der Waals surface area (Å²) in [7, 11) is 0. The first-order valence-electron chi connectivity index (χ1n) is 10.5. The standard InChI is InChI=1S/C24H31BrN2O3/c1-4-6-14-26-24(29)22(5-2)27(16-19-9-7-8-18(3)15-19)23(28)17-30-21-12-10-20(25)11-13-21/h7-13,15,22H,4-6,14,16-17H2,1-3H3,(H,26,29)/t22-/m1/s1. The molecule has 1 atom stereocenters. The van der Waals surface area contributed by atoms with Crippen molar-refractivity contribution in [2.45, 2.75) is 52.6 Å². The van der Waals surface area contributed by atoms with Crippen molar-refractivity contribution in [3.63, 3.8) is 0 Å². The zero-order valence-electron chi connectivity index (χ0n) is 18.0. The van der Waals surface area contributed by atoms with Gasteiger partial charge in [-0.25, -0.2) is 0 Å². The second-order valence-electron chi connectivity index (χ2n) is 7.32. The van der Waals surface area contributed by atoms with Gasteiger partial charge in [0.1, 0.15) is 11.8 Å². The largest absolute Gasteiger partial charge is 0.484 e. The summed E-state index contributed by atoms with van der Waals surface area (Å²) in [5.41, 5.74) is 2.11. The molecule has 2 aromatic carbocycles. The molecule has 30 heavy (non-hydrogen) atoms. The quantitative estimate of drug-likeness (QED) is 0.473. The summed E-state index contributed by atoms with van der Waals surface area (Å²) in [4.78, 5) is 27.6. The minimum Gasteiger partial charge on any atom is -0.484 e. The Labute approximate surface area is 187 Å². The van der Waals surface area contributed by atoms with Crippen LogP contribution in [0.25, 0.3) is 0 Å². The van der Waals surface area contributed by atoms with Gasteiger partial charge in [0.05, 0.1) is 0 Å². The molecule has 6 heteroatoms. The maximum Gasteiger partial charge on any atom is 0.261 e. The van der Waals surface area contributed by atoms with Crippen LogP contribution in [0.4, 0.5) is 0 Å². The smallest absolute Gasteiger partial charge is 0.261 e. The van der Waals surface area contributed by atoms with E-state index in [0.717, 1.165) is 28.4 Å². The van der Waals surface area contributed by atoms with E-state index in [4.69, 9.17) is 4.74 Å². The summed E-state index contributed by atoms with van der Waals surface area (Å²) < 4.78 is 6.64. The molecule has 0 unspecified atom stereocenters. The van der Waals surface area contributed by atoms with Crippen LogP contribution in [-0.2, 0) is 16.1 Å². The number of hydrogen-bond acceptors (Lipinski definition) is 3. The van der Waals surface area contributed by atoms with Crippen molar-refractivity contribution >= 4 is 27.7 Å². The van der Waals surface area contributed by atoms with Crippen LogP contribution in [0.15, 0.2) is 53.0 Å². The Bertz CT molecular complexity index is 823. The van der Waals surface area contributed by atoms with Crippen molar-refractivity contribution in [2.24, 2.45) is 0 Å². The number of carbonyl (C=O) groups excluding carboxylic acids is 2. The number of hydrogen-bond donors (Lipinski definition) is 1. The molecule has 162 valence electrons. The average Bonchev–Trinajstić information content (AvgIpc) is 2.73. The van der Waals surface area contributed by atoms with Crippen LogP contribution in [-0.4, -0.2) is 35.9 Å². The van der Waals surface area contributed by atoms with Gasteiger partial charge in [-0.05, 0) is 49.6 Å². The summed E-state index contributed by atoms with van der Waals surface area (Å²) in [6.45, 7) is 6.89. The number of benzene rings is 2.